The zero-order chi connectivity index (χ0) is 14.7. The minimum atomic E-state index is -1.08. The highest BCUT2D eigenvalue weighted by molar-refractivity contribution is 9.10. The highest BCUT2D eigenvalue weighted by Gasteiger charge is 2.11. The largest absolute Gasteiger partial charge is 0.478 e. The fraction of sp³-hybridized carbons (Fsp3) is 0.0714. The molecular weight excluding hydrogens is 324 g/mol. The number of aryl methyl sites for hydroxylation is 1. The van der Waals surface area contributed by atoms with Gasteiger partial charge in [-0.2, -0.15) is 0 Å². The molecule has 0 saturated carbocycles. The molecular formula is C14H11BrN2O3. The van der Waals surface area contributed by atoms with E-state index in [2.05, 4.69) is 26.2 Å². The molecule has 0 aliphatic heterocycles. The van der Waals surface area contributed by atoms with Gasteiger partial charge in [0.05, 0.1) is 11.3 Å². The van der Waals surface area contributed by atoms with Gasteiger partial charge >= 0.3 is 5.97 Å². The number of rotatable bonds is 3. The maximum absolute atomic E-state index is 12.0. The van der Waals surface area contributed by atoms with E-state index in [4.69, 9.17) is 5.11 Å². The number of halogens is 1. The number of aromatic nitrogens is 1. The maximum atomic E-state index is 12.0. The fourth-order valence-electron chi connectivity index (χ4n) is 1.58. The molecule has 0 aliphatic rings. The van der Waals surface area contributed by atoms with Gasteiger partial charge in [0.25, 0.3) is 5.91 Å². The van der Waals surface area contributed by atoms with Crippen LogP contribution in [0.5, 0.6) is 0 Å². The van der Waals surface area contributed by atoms with Crippen molar-refractivity contribution >= 4 is 33.5 Å². The molecule has 2 rings (SSSR count). The van der Waals surface area contributed by atoms with Crippen LogP contribution in [0.15, 0.2) is 41.0 Å². The number of nitrogens with zero attached hydrogens (tertiary/aromatic N) is 1. The van der Waals surface area contributed by atoms with Gasteiger partial charge in [-0.3, -0.25) is 9.78 Å². The number of nitrogens with one attached hydrogen (secondary N) is 1. The number of carbonyl (C=O) groups excluding carboxylic acids is 1. The van der Waals surface area contributed by atoms with Crippen molar-refractivity contribution in [3.05, 3.63) is 57.8 Å². The van der Waals surface area contributed by atoms with Crippen molar-refractivity contribution in [2.45, 2.75) is 6.92 Å². The Morgan fingerprint density at radius 1 is 1.25 bits per heavy atom. The lowest BCUT2D eigenvalue weighted by Gasteiger charge is -2.08. The molecule has 0 spiro atoms. The second-order valence-electron chi connectivity index (χ2n) is 4.17. The highest BCUT2D eigenvalue weighted by atomic mass is 79.9. The molecule has 1 amide bonds. The summed E-state index contributed by atoms with van der Waals surface area (Å²) in [5.41, 5.74) is 1.85. The van der Waals surface area contributed by atoms with E-state index in [9.17, 15) is 9.59 Å². The van der Waals surface area contributed by atoms with Crippen LogP contribution in [0.3, 0.4) is 0 Å². The minimum absolute atomic E-state index is 0.0401. The van der Waals surface area contributed by atoms with E-state index in [0.717, 1.165) is 16.2 Å². The number of benzene rings is 1. The molecule has 6 heteroatoms. The number of hydrogen-bond donors (Lipinski definition) is 2. The monoisotopic (exact) mass is 334 g/mol. The summed E-state index contributed by atoms with van der Waals surface area (Å²) in [5.74, 6) is -1.47. The van der Waals surface area contributed by atoms with Crippen LogP contribution in [0.1, 0.15) is 26.4 Å². The van der Waals surface area contributed by atoms with Crippen LogP contribution in [-0.2, 0) is 0 Å². The van der Waals surface area contributed by atoms with Crippen molar-refractivity contribution in [3.63, 3.8) is 0 Å². The smallest absolute Gasteiger partial charge is 0.337 e. The Morgan fingerprint density at radius 3 is 2.60 bits per heavy atom. The summed E-state index contributed by atoms with van der Waals surface area (Å²) in [7, 11) is 0. The van der Waals surface area contributed by atoms with Crippen LogP contribution in [0, 0.1) is 6.92 Å². The summed E-state index contributed by atoms with van der Waals surface area (Å²) >= 11 is 3.35. The van der Waals surface area contributed by atoms with Gasteiger partial charge in [-0.05, 0) is 52.7 Å². The van der Waals surface area contributed by atoms with E-state index in [1.165, 1.54) is 12.1 Å². The van der Waals surface area contributed by atoms with E-state index in [-0.39, 0.29) is 11.3 Å². The molecule has 0 fully saturated rings. The van der Waals surface area contributed by atoms with Crippen LogP contribution in [0.25, 0.3) is 0 Å². The third-order valence-corrected chi connectivity index (χ3v) is 3.30. The molecule has 1 aromatic carbocycles. The van der Waals surface area contributed by atoms with Crippen molar-refractivity contribution in [1.82, 2.24) is 4.98 Å². The van der Waals surface area contributed by atoms with Crippen LogP contribution in [-0.4, -0.2) is 22.0 Å². The van der Waals surface area contributed by atoms with Gasteiger partial charge < -0.3 is 10.4 Å². The average Bonchev–Trinajstić information content (AvgIpc) is 2.43. The average molecular weight is 335 g/mol. The van der Waals surface area contributed by atoms with Gasteiger partial charge in [-0.15, -0.1) is 0 Å². The predicted octanol–water partition coefficient (Wildman–Crippen LogP) is 3.10. The Balaban J connectivity index is 2.19. The van der Waals surface area contributed by atoms with Gasteiger partial charge in [-0.1, -0.05) is 6.07 Å². The van der Waals surface area contributed by atoms with Crippen molar-refractivity contribution in [1.29, 1.82) is 0 Å². The number of carboxylic acid groups (broad SMARTS) is 1. The highest BCUT2D eigenvalue weighted by Crippen LogP contribution is 2.23. The van der Waals surface area contributed by atoms with Crippen molar-refractivity contribution < 1.29 is 14.7 Å². The van der Waals surface area contributed by atoms with E-state index in [0.29, 0.717) is 5.69 Å². The van der Waals surface area contributed by atoms with Crippen molar-refractivity contribution in [2.24, 2.45) is 0 Å². The SMILES string of the molecule is Cc1ccc(Br)c(NC(=O)c2ccc(C(=O)O)cn2)c1. The summed E-state index contributed by atoms with van der Waals surface area (Å²) in [6, 6.07) is 8.30. The Kier molecular flexibility index (Phi) is 4.14. The molecule has 0 atom stereocenters. The lowest BCUT2D eigenvalue weighted by atomic mass is 10.2. The van der Waals surface area contributed by atoms with Gasteiger partial charge in [0, 0.05) is 10.7 Å². The van der Waals surface area contributed by atoms with E-state index < -0.39 is 11.9 Å². The summed E-state index contributed by atoms with van der Waals surface area (Å²) in [6.07, 6.45) is 1.16. The van der Waals surface area contributed by atoms with E-state index in [1.807, 2.05) is 25.1 Å². The molecule has 5 nitrogen and oxygen atoms in total. The quantitative estimate of drug-likeness (QED) is 0.903. The third kappa shape index (κ3) is 3.21. The first-order valence-corrected chi connectivity index (χ1v) is 6.53. The molecule has 0 aliphatic carbocycles. The van der Waals surface area contributed by atoms with Crippen LogP contribution in [0.4, 0.5) is 5.69 Å². The molecule has 2 N–H and O–H groups in total. The molecule has 20 heavy (non-hydrogen) atoms. The third-order valence-electron chi connectivity index (χ3n) is 2.61. The first-order valence-electron chi connectivity index (χ1n) is 5.74. The minimum Gasteiger partial charge on any atom is -0.478 e. The fourth-order valence-corrected chi connectivity index (χ4v) is 1.92. The van der Waals surface area contributed by atoms with Gasteiger partial charge in [-0.25, -0.2) is 4.79 Å². The standard InChI is InChI=1S/C14H11BrN2O3/c1-8-2-4-10(15)12(6-8)17-13(18)11-5-3-9(7-16-11)14(19)20/h2-7H,1H3,(H,17,18)(H,19,20). The first-order chi connectivity index (χ1) is 9.47. The van der Waals surface area contributed by atoms with Crippen molar-refractivity contribution in [3.8, 4) is 0 Å². The Labute approximate surface area is 123 Å². The molecule has 0 bridgehead atoms. The number of carboxylic acids is 1. The van der Waals surface area contributed by atoms with Crippen LogP contribution in [0.2, 0.25) is 0 Å². The Bertz CT molecular complexity index is 669. The summed E-state index contributed by atoms with van der Waals surface area (Å²) in [6.45, 7) is 1.92. The van der Waals surface area contributed by atoms with Crippen LogP contribution >= 0.6 is 15.9 Å². The molecule has 0 unspecified atom stereocenters. The van der Waals surface area contributed by atoms with E-state index >= 15 is 0 Å². The topological polar surface area (TPSA) is 79.3 Å². The predicted molar refractivity (Wildman–Crippen MR) is 78.0 cm³/mol. The Hall–Kier alpha value is -2.21. The normalized spacial score (nSPS) is 10.1. The molecule has 1 heterocycles. The van der Waals surface area contributed by atoms with Gasteiger partial charge in [0.1, 0.15) is 5.69 Å². The lowest BCUT2D eigenvalue weighted by Crippen LogP contribution is -2.14. The maximum Gasteiger partial charge on any atom is 0.337 e. The van der Waals surface area contributed by atoms with Crippen LogP contribution < -0.4 is 5.32 Å². The van der Waals surface area contributed by atoms with E-state index in [1.54, 1.807) is 0 Å². The van der Waals surface area contributed by atoms with Gasteiger partial charge in [0.2, 0.25) is 0 Å². The molecule has 1 aromatic heterocycles. The number of anilines is 1. The zero-order valence-electron chi connectivity index (χ0n) is 10.6. The molecule has 102 valence electrons. The number of carbonyl (C=O) groups is 2. The number of pyridine rings is 1. The molecule has 2 aromatic rings. The zero-order valence-corrected chi connectivity index (χ0v) is 12.1. The molecule has 0 saturated heterocycles. The second kappa shape index (κ2) is 5.83. The summed E-state index contributed by atoms with van der Waals surface area (Å²) in [4.78, 5) is 26.6. The Morgan fingerprint density at radius 2 is 2.00 bits per heavy atom. The number of amides is 1. The number of hydrogen-bond acceptors (Lipinski definition) is 3. The van der Waals surface area contributed by atoms with Gasteiger partial charge in [0.15, 0.2) is 0 Å². The molecule has 0 radical (unpaired) electrons. The van der Waals surface area contributed by atoms with Crippen molar-refractivity contribution in [2.75, 3.05) is 5.32 Å². The first kappa shape index (κ1) is 14.2. The lowest BCUT2D eigenvalue weighted by molar-refractivity contribution is 0.0696. The number of aromatic carboxylic acids is 1. The summed E-state index contributed by atoms with van der Waals surface area (Å²) < 4.78 is 0.763. The second-order valence-corrected chi connectivity index (χ2v) is 5.03. The summed E-state index contributed by atoms with van der Waals surface area (Å²) in [5, 5.41) is 11.5.